The predicted molar refractivity (Wildman–Crippen MR) is 170 cm³/mol. The second kappa shape index (κ2) is 13.8. The highest BCUT2D eigenvalue weighted by molar-refractivity contribution is 7.91. The lowest BCUT2D eigenvalue weighted by molar-refractivity contribution is -0.133. The highest BCUT2D eigenvalue weighted by atomic mass is 32.2. The summed E-state index contributed by atoms with van der Waals surface area (Å²) in [6.45, 7) is 4.10. The number of nitrogens with zero attached hydrogens (tertiary/aromatic N) is 4. The summed E-state index contributed by atoms with van der Waals surface area (Å²) in [7, 11) is -7.67. The van der Waals surface area contributed by atoms with Crippen molar-refractivity contribution in [2.24, 2.45) is 0 Å². The number of para-hydroxylation sites is 1. The van der Waals surface area contributed by atoms with E-state index in [1.165, 1.54) is 61.2 Å². The Morgan fingerprint density at radius 3 is 2.11 bits per heavy atom. The lowest BCUT2D eigenvalue weighted by Crippen LogP contribution is -2.55. The van der Waals surface area contributed by atoms with Crippen LogP contribution in [0.25, 0.3) is 0 Å². The number of rotatable bonds is 11. The van der Waals surface area contributed by atoms with Gasteiger partial charge in [0.1, 0.15) is 11.6 Å². The molecule has 2 N–H and O–H groups in total. The largest absolute Gasteiger partial charge is 0.508 e. The number of aromatic nitrogens is 2. The molecule has 5 rings (SSSR count). The second-order valence-electron chi connectivity index (χ2n) is 10.9. The van der Waals surface area contributed by atoms with E-state index in [-0.39, 0.29) is 27.9 Å². The standard InChI is InChI=1S/C32H35N5O6S2/c1-24-6-2-3-9-31(24)36-14-16-37(17-15-36)32(39)30(35-23-45(42,43)29-8-5-13-34-21-29)19-25-10-11-27(38)18-26(25)22-44(40,41)28-7-4-12-33-20-28/h2-13,18,20-21,30,35,38H,14-17,19,22-23H2,1H3. The number of sulfone groups is 2. The van der Waals surface area contributed by atoms with Crippen LogP contribution >= 0.6 is 0 Å². The first-order chi connectivity index (χ1) is 21.5. The van der Waals surface area contributed by atoms with Gasteiger partial charge in [0.15, 0.2) is 19.7 Å². The van der Waals surface area contributed by atoms with E-state index in [2.05, 4.69) is 20.2 Å². The predicted octanol–water partition coefficient (Wildman–Crippen LogP) is 2.75. The first-order valence-electron chi connectivity index (χ1n) is 14.4. The Hall–Kier alpha value is -4.33. The molecule has 0 saturated carbocycles. The van der Waals surface area contributed by atoms with Gasteiger partial charge in [0.25, 0.3) is 0 Å². The van der Waals surface area contributed by atoms with Gasteiger partial charge >= 0.3 is 0 Å². The zero-order valence-corrected chi connectivity index (χ0v) is 26.4. The van der Waals surface area contributed by atoms with Gasteiger partial charge in [0, 0.05) is 56.7 Å². The van der Waals surface area contributed by atoms with Crippen molar-refractivity contribution >= 4 is 31.3 Å². The van der Waals surface area contributed by atoms with Crippen molar-refractivity contribution in [3.8, 4) is 5.75 Å². The molecule has 0 aliphatic carbocycles. The van der Waals surface area contributed by atoms with Gasteiger partial charge in [-0.3, -0.25) is 20.1 Å². The highest BCUT2D eigenvalue weighted by Gasteiger charge is 2.30. The average molecular weight is 650 g/mol. The summed E-state index contributed by atoms with van der Waals surface area (Å²) in [5.74, 6) is -1.39. The molecule has 0 radical (unpaired) electrons. The van der Waals surface area contributed by atoms with Crippen LogP contribution in [0, 0.1) is 6.92 Å². The van der Waals surface area contributed by atoms with Crippen LogP contribution in [-0.2, 0) is 36.6 Å². The van der Waals surface area contributed by atoms with Crippen molar-refractivity contribution in [3.05, 3.63) is 108 Å². The van der Waals surface area contributed by atoms with E-state index in [4.69, 9.17) is 0 Å². The summed E-state index contributed by atoms with van der Waals surface area (Å²) in [5.41, 5.74) is 3.03. The molecule has 1 amide bonds. The molecule has 0 bridgehead atoms. The van der Waals surface area contributed by atoms with Crippen LogP contribution in [0.2, 0.25) is 0 Å². The maximum Gasteiger partial charge on any atom is 0.240 e. The Kier molecular flexibility index (Phi) is 9.80. The van der Waals surface area contributed by atoms with E-state index in [0.717, 1.165) is 11.3 Å². The fourth-order valence-corrected chi connectivity index (χ4v) is 7.81. The summed E-state index contributed by atoms with van der Waals surface area (Å²) >= 11 is 0. The molecule has 3 heterocycles. The molecule has 45 heavy (non-hydrogen) atoms. The first kappa shape index (κ1) is 32.1. The van der Waals surface area contributed by atoms with Crippen LogP contribution in [-0.4, -0.2) is 80.8 Å². The van der Waals surface area contributed by atoms with Crippen molar-refractivity contribution in [2.45, 2.75) is 34.9 Å². The number of piperazine rings is 1. The third kappa shape index (κ3) is 7.85. The molecule has 1 fully saturated rings. The molecular weight excluding hydrogens is 615 g/mol. The van der Waals surface area contributed by atoms with Gasteiger partial charge in [-0.05, 0) is 72.5 Å². The number of hydrogen-bond donors (Lipinski definition) is 2. The fraction of sp³-hybridized carbons (Fsp3) is 0.281. The molecular formula is C32H35N5O6S2. The number of phenolic OH excluding ortho intramolecular Hbond substituents is 1. The Morgan fingerprint density at radius 1 is 0.844 bits per heavy atom. The molecule has 1 unspecified atom stereocenters. The van der Waals surface area contributed by atoms with Crippen molar-refractivity contribution < 1.29 is 26.7 Å². The topological polar surface area (TPSA) is 150 Å². The number of hydrogen-bond acceptors (Lipinski definition) is 10. The number of phenols is 1. The molecule has 0 spiro atoms. The Balaban J connectivity index is 1.39. The molecule has 1 atom stereocenters. The summed E-state index contributed by atoms with van der Waals surface area (Å²) in [6, 6.07) is 17.3. The Bertz CT molecular complexity index is 1850. The van der Waals surface area contributed by atoms with Gasteiger partial charge in [-0.25, -0.2) is 16.8 Å². The van der Waals surface area contributed by atoms with Crippen LogP contribution in [0.3, 0.4) is 0 Å². The number of aromatic hydroxyl groups is 1. The molecule has 2 aromatic carbocycles. The number of anilines is 1. The minimum atomic E-state index is -3.84. The smallest absolute Gasteiger partial charge is 0.240 e. The average Bonchev–Trinajstić information content (AvgIpc) is 3.05. The summed E-state index contributed by atoms with van der Waals surface area (Å²) in [5, 5.41) is 13.2. The van der Waals surface area contributed by atoms with Crippen molar-refractivity contribution in [1.82, 2.24) is 20.2 Å². The molecule has 1 aliphatic rings. The third-order valence-corrected chi connectivity index (χ3v) is 11.0. The number of pyridine rings is 2. The summed E-state index contributed by atoms with van der Waals surface area (Å²) < 4.78 is 52.7. The van der Waals surface area contributed by atoms with Gasteiger partial charge in [0.05, 0.1) is 21.6 Å². The van der Waals surface area contributed by atoms with Crippen molar-refractivity contribution in [1.29, 1.82) is 0 Å². The van der Waals surface area contributed by atoms with E-state index >= 15 is 0 Å². The van der Waals surface area contributed by atoms with E-state index in [0.29, 0.717) is 37.3 Å². The number of carbonyl (C=O) groups excluding carboxylic acids is 1. The lowest BCUT2D eigenvalue weighted by atomic mass is 9.99. The third-order valence-electron chi connectivity index (χ3n) is 7.81. The van der Waals surface area contributed by atoms with Crippen molar-refractivity contribution in [2.75, 3.05) is 37.0 Å². The van der Waals surface area contributed by atoms with Gasteiger partial charge in [-0.1, -0.05) is 24.3 Å². The van der Waals surface area contributed by atoms with Crippen LogP contribution in [0.15, 0.2) is 101 Å². The molecule has 11 nitrogen and oxygen atoms in total. The number of amides is 1. The van der Waals surface area contributed by atoms with Gasteiger partial charge in [-0.2, -0.15) is 0 Å². The van der Waals surface area contributed by atoms with Gasteiger partial charge < -0.3 is 14.9 Å². The van der Waals surface area contributed by atoms with E-state index in [9.17, 15) is 26.7 Å². The van der Waals surface area contributed by atoms with Gasteiger partial charge in [-0.15, -0.1) is 0 Å². The Morgan fingerprint density at radius 2 is 1.49 bits per heavy atom. The molecule has 13 heteroatoms. The van der Waals surface area contributed by atoms with Crippen molar-refractivity contribution in [3.63, 3.8) is 0 Å². The molecule has 4 aromatic rings. The van der Waals surface area contributed by atoms with Crippen LogP contribution < -0.4 is 10.2 Å². The van der Waals surface area contributed by atoms with Crippen LogP contribution in [0.4, 0.5) is 5.69 Å². The number of aryl methyl sites for hydroxylation is 1. The zero-order valence-electron chi connectivity index (χ0n) is 24.8. The van der Waals surface area contributed by atoms with Crippen LogP contribution in [0.1, 0.15) is 16.7 Å². The molecule has 1 aliphatic heterocycles. The SMILES string of the molecule is Cc1ccccc1N1CCN(C(=O)C(Cc2ccc(O)cc2CS(=O)(=O)c2cccnc2)NCS(=O)(=O)c2cccnc2)CC1. The molecule has 2 aromatic heterocycles. The number of carbonyl (C=O) groups is 1. The summed E-state index contributed by atoms with van der Waals surface area (Å²) in [6.07, 6.45) is 5.45. The Labute approximate surface area is 263 Å². The summed E-state index contributed by atoms with van der Waals surface area (Å²) in [4.78, 5) is 25.8. The minimum Gasteiger partial charge on any atom is -0.508 e. The maximum atomic E-state index is 14.0. The van der Waals surface area contributed by atoms with Crippen LogP contribution in [0.5, 0.6) is 5.75 Å². The fourth-order valence-electron chi connectivity index (χ4n) is 5.36. The maximum absolute atomic E-state index is 14.0. The minimum absolute atomic E-state index is 0.00241. The monoisotopic (exact) mass is 649 g/mol. The number of nitrogens with one attached hydrogen (secondary N) is 1. The normalized spacial score (nSPS) is 14.7. The number of benzene rings is 2. The van der Waals surface area contributed by atoms with E-state index in [1.807, 2.05) is 31.2 Å². The lowest BCUT2D eigenvalue weighted by Gasteiger charge is -2.38. The van der Waals surface area contributed by atoms with E-state index in [1.54, 1.807) is 11.0 Å². The molecule has 1 saturated heterocycles. The quantitative estimate of drug-likeness (QED) is 0.248. The first-order valence-corrected chi connectivity index (χ1v) is 17.7. The molecule has 236 valence electrons. The second-order valence-corrected chi connectivity index (χ2v) is 14.9. The zero-order chi connectivity index (χ0) is 32.0. The van der Waals surface area contributed by atoms with E-state index < -0.39 is 37.3 Å². The van der Waals surface area contributed by atoms with Gasteiger partial charge in [0.2, 0.25) is 5.91 Å². The highest BCUT2D eigenvalue weighted by Crippen LogP contribution is 2.25.